The highest BCUT2D eigenvalue weighted by molar-refractivity contribution is 6.00. The number of benzene rings is 1. The number of nitrogens with two attached hydrogens (primary N) is 1. The highest BCUT2D eigenvalue weighted by atomic mass is 19.1. The Labute approximate surface area is 171 Å². The van der Waals surface area contributed by atoms with Crippen molar-refractivity contribution in [3.05, 3.63) is 81.5 Å². The predicted molar refractivity (Wildman–Crippen MR) is 112 cm³/mol. The number of hydrogen-bond donors (Lipinski definition) is 2. The topological polar surface area (TPSA) is 93.4 Å². The van der Waals surface area contributed by atoms with Crippen LogP contribution in [0.2, 0.25) is 0 Å². The molecule has 3 aromatic heterocycles. The van der Waals surface area contributed by atoms with Crippen LogP contribution in [0.4, 0.5) is 10.2 Å². The van der Waals surface area contributed by atoms with Gasteiger partial charge in [0.25, 0.3) is 17.1 Å². The van der Waals surface area contributed by atoms with Crippen molar-refractivity contribution < 1.29 is 13.8 Å². The molecular formula is C22H21FN5O2+. The van der Waals surface area contributed by atoms with Gasteiger partial charge in [-0.2, -0.15) is 0 Å². The molecule has 1 aromatic carbocycles. The van der Waals surface area contributed by atoms with Gasteiger partial charge in [0.05, 0.1) is 6.54 Å². The standard InChI is InChI=1S/C22H20FN5O2/c1-3-25-21(29)16-11-17-20(26-19-13(2)5-4-10-27(19)22(17)30)28(18(16)24)12-14-6-8-15(23)9-7-14/h4-11,24H,3,12H2,1-2H3,(H,25,29)/p+1. The minimum atomic E-state index is -0.376. The summed E-state index contributed by atoms with van der Waals surface area (Å²) in [6.07, 6.45) is 1.64. The van der Waals surface area contributed by atoms with Gasteiger partial charge >= 0.3 is 0 Å². The third-order valence-corrected chi connectivity index (χ3v) is 5.01. The molecule has 0 atom stereocenters. The van der Waals surface area contributed by atoms with Gasteiger partial charge in [-0.1, -0.05) is 23.2 Å². The second-order valence-corrected chi connectivity index (χ2v) is 7.05. The third-order valence-electron chi connectivity index (χ3n) is 5.01. The number of hydrogen-bond acceptors (Lipinski definition) is 4. The van der Waals surface area contributed by atoms with Crippen LogP contribution in [0.1, 0.15) is 28.4 Å². The fourth-order valence-electron chi connectivity index (χ4n) is 3.48. The molecule has 0 radical (unpaired) electrons. The van der Waals surface area contributed by atoms with Crippen LogP contribution in [0, 0.1) is 12.7 Å². The van der Waals surface area contributed by atoms with Crippen molar-refractivity contribution in [2.75, 3.05) is 12.3 Å². The summed E-state index contributed by atoms with van der Waals surface area (Å²) in [4.78, 5) is 30.5. The number of nitrogen functional groups attached to an aromatic ring is 1. The number of rotatable bonds is 4. The molecule has 4 aromatic rings. The molecule has 30 heavy (non-hydrogen) atoms. The zero-order chi connectivity index (χ0) is 21.4. The van der Waals surface area contributed by atoms with Crippen LogP contribution < -0.4 is 21.2 Å². The summed E-state index contributed by atoms with van der Waals surface area (Å²) in [7, 11) is 0. The normalized spacial score (nSPS) is 11.2. The van der Waals surface area contributed by atoms with E-state index in [0.29, 0.717) is 17.8 Å². The van der Waals surface area contributed by atoms with E-state index in [-0.39, 0.29) is 40.6 Å². The molecule has 0 saturated carbocycles. The zero-order valence-corrected chi connectivity index (χ0v) is 16.6. The van der Waals surface area contributed by atoms with E-state index in [9.17, 15) is 14.0 Å². The number of fused-ring (bicyclic) bond motifs is 2. The maximum atomic E-state index is 13.3. The number of pyridine rings is 2. The number of carbonyl (C=O) groups excluding carboxylic acids is 1. The molecular weight excluding hydrogens is 385 g/mol. The summed E-state index contributed by atoms with van der Waals surface area (Å²) in [5, 5.41) is 2.99. The Morgan fingerprint density at radius 1 is 1.27 bits per heavy atom. The molecule has 152 valence electrons. The first-order valence-corrected chi connectivity index (χ1v) is 9.57. The summed E-state index contributed by atoms with van der Waals surface area (Å²) < 4.78 is 16.4. The van der Waals surface area contributed by atoms with Crippen molar-refractivity contribution in [1.29, 1.82) is 0 Å². The first-order valence-electron chi connectivity index (χ1n) is 9.57. The number of amides is 1. The Bertz CT molecular complexity index is 1350. The Morgan fingerprint density at radius 3 is 2.70 bits per heavy atom. The monoisotopic (exact) mass is 406 g/mol. The van der Waals surface area contributed by atoms with Gasteiger partial charge in [-0.15, -0.1) is 0 Å². The molecule has 0 fully saturated rings. The largest absolute Gasteiger partial charge is 0.352 e. The third kappa shape index (κ3) is 3.26. The van der Waals surface area contributed by atoms with Crippen LogP contribution in [0.5, 0.6) is 0 Å². The number of aromatic nitrogens is 3. The maximum absolute atomic E-state index is 13.3. The molecule has 3 heterocycles. The molecule has 0 unspecified atom stereocenters. The summed E-state index contributed by atoms with van der Waals surface area (Å²) in [6, 6.07) is 11.1. The molecule has 3 N–H and O–H groups in total. The molecule has 0 saturated heterocycles. The fourth-order valence-corrected chi connectivity index (χ4v) is 3.48. The number of nitrogens with one attached hydrogen (secondary N) is 1. The number of aryl methyl sites for hydroxylation is 1. The molecule has 0 aliphatic rings. The smallest absolute Gasteiger partial charge is 0.278 e. The molecule has 0 aliphatic heterocycles. The fraction of sp³-hybridized carbons (Fsp3) is 0.182. The zero-order valence-electron chi connectivity index (χ0n) is 16.6. The highest BCUT2D eigenvalue weighted by Crippen LogP contribution is 2.17. The van der Waals surface area contributed by atoms with E-state index in [2.05, 4.69) is 5.32 Å². The van der Waals surface area contributed by atoms with E-state index in [1.54, 1.807) is 35.9 Å². The van der Waals surface area contributed by atoms with E-state index < -0.39 is 0 Å². The Hall–Kier alpha value is -3.81. The quantitative estimate of drug-likeness (QED) is 0.400. The summed E-state index contributed by atoms with van der Waals surface area (Å²) in [5.41, 5.74) is 8.73. The van der Waals surface area contributed by atoms with Gasteiger partial charge in [-0.3, -0.25) is 14.0 Å². The lowest BCUT2D eigenvalue weighted by Crippen LogP contribution is -2.43. The van der Waals surface area contributed by atoms with Crippen molar-refractivity contribution in [3.8, 4) is 0 Å². The van der Waals surface area contributed by atoms with Crippen molar-refractivity contribution in [2.45, 2.75) is 20.4 Å². The van der Waals surface area contributed by atoms with Crippen LogP contribution in [0.3, 0.4) is 0 Å². The lowest BCUT2D eigenvalue weighted by molar-refractivity contribution is -0.649. The first kappa shape index (κ1) is 19.5. The number of halogens is 1. The van der Waals surface area contributed by atoms with Crippen LogP contribution >= 0.6 is 0 Å². The lowest BCUT2D eigenvalue weighted by atomic mass is 10.1. The molecule has 0 spiro atoms. The lowest BCUT2D eigenvalue weighted by Gasteiger charge is -2.12. The Morgan fingerprint density at radius 2 is 2.00 bits per heavy atom. The summed E-state index contributed by atoms with van der Waals surface area (Å²) >= 11 is 0. The van der Waals surface area contributed by atoms with Crippen molar-refractivity contribution in [3.63, 3.8) is 0 Å². The first-order chi connectivity index (χ1) is 14.4. The average Bonchev–Trinajstić information content (AvgIpc) is 2.72. The number of anilines is 1. The summed E-state index contributed by atoms with van der Waals surface area (Å²) in [6.45, 7) is 4.31. The summed E-state index contributed by atoms with van der Waals surface area (Å²) in [5.74, 6) is -0.545. The molecule has 7 nitrogen and oxygen atoms in total. The van der Waals surface area contributed by atoms with Crippen molar-refractivity contribution in [2.24, 2.45) is 0 Å². The van der Waals surface area contributed by atoms with E-state index in [4.69, 9.17) is 10.7 Å². The maximum Gasteiger partial charge on any atom is 0.278 e. The average molecular weight is 406 g/mol. The van der Waals surface area contributed by atoms with Crippen LogP contribution in [-0.2, 0) is 6.54 Å². The minimum absolute atomic E-state index is 0.183. The van der Waals surface area contributed by atoms with Crippen molar-refractivity contribution >= 4 is 28.4 Å². The van der Waals surface area contributed by atoms with Crippen LogP contribution in [-0.4, -0.2) is 21.8 Å². The SMILES string of the molecule is CCNC(=O)c1cc2c(=O)n3cccc(C)c3nc2[n+](Cc2ccc(F)cc2)c1N. The number of nitrogens with zero attached hydrogens (tertiary/aromatic N) is 3. The molecule has 0 bridgehead atoms. The second kappa shape index (κ2) is 7.55. The van der Waals surface area contributed by atoms with E-state index in [0.717, 1.165) is 11.1 Å². The Balaban J connectivity index is 2.07. The molecule has 1 amide bonds. The van der Waals surface area contributed by atoms with Gasteiger partial charge in [-0.05, 0) is 43.7 Å². The Kier molecular flexibility index (Phi) is 4.91. The van der Waals surface area contributed by atoms with Gasteiger partial charge in [0.1, 0.15) is 16.8 Å². The molecule has 4 rings (SSSR count). The van der Waals surface area contributed by atoms with Gasteiger partial charge in [0, 0.05) is 18.3 Å². The van der Waals surface area contributed by atoms with Gasteiger partial charge in [-0.25, -0.2) is 8.96 Å². The van der Waals surface area contributed by atoms with Crippen molar-refractivity contribution in [1.82, 2.24) is 14.7 Å². The predicted octanol–water partition coefficient (Wildman–Crippen LogP) is 1.96. The van der Waals surface area contributed by atoms with E-state index >= 15 is 0 Å². The van der Waals surface area contributed by atoms with E-state index in [1.165, 1.54) is 22.6 Å². The second-order valence-electron chi connectivity index (χ2n) is 7.05. The minimum Gasteiger partial charge on any atom is -0.352 e. The molecule has 8 heteroatoms. The molecule has 0 aliphatic carbocycles. The van der Waals surface area contributed by atoms with E-state index in [1.807, 2.05) is 13.0 Å². The number of carbonyl (C=O) groups is 1. The van der Waals surface area contributed by atoms with Gasteiger partial charge in [0.15, 0.2) is 0 Å². The van der Waals surface area contributed by atoms with Gasteiger partial charge < -0.3 is 11.1 Å². The van der Waals surface area contributed by atoms with Gasteiger partial charge in [0.2, 0.25) is 11.5 Å². The highest BCUT2D eigenvalue weighted by Gasteiger charge is 2.24. The van der Waals surface area contributed by atoms with Crippen LogP contribution in [0.25, 0.3) is 16.7 Å². The van der Waals surface area contributed by atoms with Crippen LogP contribution in [0.15, 0.2) is 53.5 Å².